The first-order valence-corrected chi connectivity index (χ1v) is 11.0. The molecule has 0 aromatic carbocycles. The Kier molecular flexibility index (Phi) is 2.91. The van der Waals surface area contributed by atoms with Gasteiger partial charge >= 0.3 is 0 Å². The van der Waals surface area contributed by atoms with E-state index in [2.05, 4.69) is 39.3 Å². The van der Waals surface area contributed by atoms with Crippen LogP contribution in [0, 0.1) is 0 Å². The molecule has 0 aliphatic heterocycles. The van der Waals surface area contributed by atoms with Crippen LogP contribution in [0.4, 0.5) is 0 Å². The average molecular weight is 174 g/mol. The summed E-state index contributed by atoms with van der Waals surface area (Å²) >= 11 is 0. The van der Waals surface area contributed by atoms with Crippen molar-refractivity contribution in [3.05, 3.63) is 12.8 Å². The minimum Gasteiger partial charge on any atom is -0.553 e. The van der Waals surface area contributed by atoms with Crippen LogP contribution in [0.15, 0.2) is 12.8 Å². The molecule has 3 heteroatoms. The maximum Gasteiger partial charge on any atom is 0.227 e. The van der Waals surface area contributed by atoms with Gasteiger partial charge in [0.2, 0.25) is 7.83 Å². The van der Waals surface area contributed by atoms with Crippen LogP contribution in [-0.2, 0) is 4.43 Å². The van der Waals surface area contributed by atoms with Crippen LogP contribution < -0.4 is 0 Å². The molecule has 1 nitrogen and oxygen atoms in total. The van der Waals surface area contributed by atoms with Crippen molar-refractivity contribution < 1.29 is 4.43 Å². The molecule has 0 bridgehead atoms. The topological polar surface area (TPSA) is 9.23 Å². The Morgan fingerprint density at radius 3 is 1.60 bits per heavy atom. The third-order valence-corrected chi connectivity index (χ3v) is 17.7. The molecule has 0 spiro atoms. The first kappa shape index (κ1) is 9.97. The van der Waals surface area contributed by atoms with Crippen LogP contribution in [0.2, 0.25) is 32.7 Å². The number of rotatable bonds is 3. The molecule has 0 atom stereocenters. The minimum atomic E-state index is -1.38. The number of hydrogen-bond donors (Lipinski definition) is 0. The maximum absolute atomic E-state index is 5.56. The molecule has 0 aromatic heterocycles. The summed E-state index contributed by atoms with van der Waals surface area (Å²) in [5.74, 6) is 0. The van der Waals surface area contributed by atoms with E-state index in [1.54, 1.807) is 6.26 Å². The quantitative estimate of drug-likeness (QED) is 0.472. The van der Waals surface area contributed by atoms with Crippen LogP contribution in [0.3, 0.4) is 0 Å². The van der Waals surface area contributed by atoms with E-state index < -0.39 is 15.4 Å². The zero-order valence-corrected chi connectivity index (χ0v) is 9.69. The first-order chi connectivity index (χ1) is 4.31. The lowest BCUT2D eigenvalue weighted by molar-refractivity contribution is 0.491. The van der Waals surface area contributed by atoms with Crippen molar-refractivity contribution in [2.75, 3.05) is 0 Å². The average Bonchev–Trinajstić information content (AvgIpc) is 1.61. The Morgan fingerprint density at radius 2 is 1.50 bits per heavy atom. The van der Waals surface area contributed by atoms with Crippen molar-refractivity contribution in [3.63, 3.8) is 0 Å². The maximum atomic E-state index is 5.56. The van der Waals surface area contributed by atoms with Gasteiger partial charge in [0.25, 0.3) is 0 Å². The standard InChI is InChI=1S/C7H18OSi2/c1-7-8-10(5,6)9(2,3)4/h7H,1H2,2-6H3. The van der Waals surface area contributed by atoms with E-state index in [1.807, 2.05) is 0 Å². The fourth-order valence-corrected chi connectivity index (χ4v) is 2.47. The highest BCUT2D eigenvalue weighted by atomic mass is 29.3. The van der Waals surface area contributed by atoms with E-state index in [4.69, 9.17) is 4.43 Å². The van der Waals surface area contributed by atoms with Gasteiger partial charge in [-0.15, -0.1) is 0 Å². The van der Waals surface area contributed by atoms with Gasteiger partial charge in [-0.2, -0.15) is 0 Å². The largest absolute Gasteiger partial charge is 0.553 e. The summed E-state index contributed by atoms with van der Waals surface area (Å²) in [4.78, 5) is 0. The molecule has 0 aliphatic carbocycles. The monoisotopic (exact) mass is 174 g/mol. The second-order valence-corrected chi connectivity index (χ2v) is 19.9. The molecule has 0 unspecified atom stereocenters. The molecular formula is C7H18OSi2. The predicted octanol–water partition coefficient (Wildman–Crippen LogP) is 2.77. The van der Waals surface area contributed by atoms with E-state index in [-0.39, 0.29) is 0 Å². The summed E-state index contributed by atoms with van der Waals surface area (Å²) in [6, 6.07) is 0. The molecule has 0 saturated heterocycles. The lowest BCUT2D eigenvalue weighted by Gasteiger charge is -2.33. The Bertz CT molecular complexity index is 124. The van der Waals surface area contributed by atoms with E-state index >= 15 is 0 Å². The second kappa shape index (κ2) is 2.92. The summed E-state index contributed by atoms with van der Waals surface area (Å²) in [6.45, 7) is 15.2. The summed E-state index contributed by atoms with van der Waals surface area (Å²) in [5.41, 5.74) is 0. The Balaban J connectivity index is 4.23. The minimum absolute atomic E-state index is 1.06. The van der Waals surface area contributed by atoms with Gasteiger partial charge in [0.05, 0.1) is 13.9 Å². The van der Waals surface area contributed by atoms with Crippen molar-refractivity contribution in [2.24, 2.45) is 0 Å². The molecule has 0 radical (unpaired) electrons. The summed E-state index contributed by atoms with van der Waals surface area (Å²) in [7, 11) is -2.44. The zero-order chi connectivity index (χ0) is 8.41. The molecule has 10 heavy (non-hydrogen) atoms. The Labute approximate surface area is 66.0 Å². The van der Waals surface area contributed by atoms with E-state index in [0.717, 1.165) is 0 Å². The normalized spacial score (nSPS) is 12.9. The lowest BCUT2D eigenvalue weighted by Crippen LogP contribution is -2.53. The molecule has 0 fully saturated rings. The summed E-state index contributed by atoms with van der Waals surface area (Å²) < 4.78 is 5.56. The molecular weight excluding hydrogens is 156 g/mol. The van der Waals surface area contributed by atoms with Gasteiger partial charge in [-0.3, -0.25) is 0 Å². The molecule has 0 aromatic rings. The van der Waals surface area contributed by atoms with Gasteiger partial charge in [0, 0.05) is 0 Å². The van der Waals surface area contributed by atoms with Gasteiger partial charge in [0.1, 0.15) is 0 Å². The summed E-state index contributed by atoms with van der Waals surface area (Å²) in [6.07, 6.45) is 1.60. The highest BCUT2D eigenvalue weighted by Crippen LogP contribution is 2.19. The molecule has 0 saturated carbocycles. The SMILES string of the molecule is C=CO[Si](C)(C)[Si](C)(C)C. The van der Waals surface area contributed by atoms with Gasteiger partial charge in [0.15, 0.2) is 0 Å². The van der Waals surface area contributed by atoms with Gasteiger partial charge in [-0.25, -0.2) is 0 Å². The highest BCUT2D eigenvalue weighted by molar-refractivity contribution is 7.37. The van der Waals surface area contributed by atoms with Crippen LogP contribution >= 0.6 is 0 Å². The smallest absolute Gasteiger partial charge is 0.227 e. The third kappa shape index (κ3) is 2.30. The molecule has 0 heterocycles. The van der Waals surface area contributed by atoms with Crippen molar-refractivity contribution in [1.82, 2.24) is 0 Å². The Hall–Kier alpha value is -0.0262. The van der Waals surface area contributed by atoms with Gasteiger partial charge in [-0.05, 0) is 13.1 Å². The molecule has 0 rings (SSSR count). The molecule has 0 amide bonds. The molecule has 0 N–H and O–H groups in total. The lowest BCUT2D eigenvalue weighted by atomic mass is 11.2. The fraction of sp³-hybridized carbons (Fsp3) is 0.714. The zero-order valence-electron chi connectivity index (χ0n) is 7.69. The predicted molar refractivity (Wildman–Crippen MR) is 52.1 cm³/mol. The van der Waals surface area contributed by atoms with Crippen molar-refractivity contribution in [3.8, 4) is 0 Å². The van der Waals surface area contributed by atoms with Crippen molar-refractivity contribution in [2.45, 2.75) is 32.7 Å². The van der Waals surface area contributed by atoms with Crippen molar-refractivity contribution >= 4 is 15.4 Å². The third-order valence-electron chi connectivity index (χ3n) is 2.18. The van der Waals surface area contributed by atoms with Crippen LogP contribution in [-0.4, -0.2) is 15.4 Å². The van der Waals surface area contributed by atoms with Gasteiger partial charge < -0.3 is 4.43 Å². The molecule has 0 aliphatic rings. The fourth-order valence-electron chi connectivity index (χ4n) is 0.385. The highest BCUT2D eigenvalue weighted by Gasteiger charge is 2.39. The number of hydrogen-bond acceptors (Lipinski definition) is 1. The van der Waals surface area contributed by atoms with Crippen LogP contribution in [0.5, 0.6) is 0 Å². The van der Waals surface area contributed by atoms with Crippen LogP contribution in [0.25, 0.3) is 0 Å². The molecule has 60 valence electrons. The second-order valence-electron chi connectivity index (χ2n) is 4.04. The van der Waals surface area contributed by atoms with Gasteiger partial charge in [-0.1, -0.05) is 26.2 Å². The van der Waals surface area contributed by atoms with E-state index in [0.29, 0.717) is 0 Å². The van der Waals surface area contributed by atoms with Crippen LogP contribution in [0.1, 0.15) is 0 Å². The summed E-state index contributed by atoms with van der Waals surface area (Å²) in [5, 5.41) is 0. The van der Waals surface area contributed by atoms with Crippen molar-refractivity contribution in [1.29, 1.82) is 0 Å². The Morgan fingerprint density at radius 1 is 1.10 bits per heavy atom. The van der Waals surface area contributed by atoms with E-state index in [9.17, 15) is 0 Å². The van der Waals surface area contributed by atoms with E-state index in [1.165, 1.54) is 0 Å². The first-order valence-electron chi connectivity index (χ1n) is 3.60.